The predicted octanol–water partition coefficient (Wildman–Crippen LogP) is 3.83. The third-order valence-electron chi connectivity index (χ3n) is 2.97. The maximum Gasteiger partial charge on any atom is 0.500 e. The number of carbonyl (C=O) groups is 1. The molecule has 0 aromatic heterocycles. The lowest BCUT2D eigenvalue weighted by molar-refractivity contribution is -0.110. The zero-order valence-corrected chi connectivity index (χ0v) is 15.0. The molecule has 0 amide bonds. The Balaban J connectivity index is 3.91. The molecule has 4 nitrogen and oxygen atoms in total. The zero-order chi connectivity index (χ0) is 15.3. The van der Waals surface area contributed by atoms with Crippen LogP contribution in [-0.2, 0) is 18.1 Å². The molecule has 0 bridgehead atoms. The van der Waals surface area contributed by atoms with Gasteiger partial charge in [0.05, 0.1) is 0 Å². The van der Waals surface area contributed by atoms with E-state index in [0.29, 0.717) is 26.2 Å². The molecule has 0 aliphatic heterocycles. The second kappa shape index (κ2) is 12.8. The minimum atomic E-state index is -2.45. The van der Waals surface area contributed by atoms with Gasteiger partial charge >= 0.3 is 8.80 Å². The van der Waals surface area contributed by atoms with Gasteiger partial charge in [0.15, 0.2) is 5.12 Å². The van der Waals surface area contributed by atoms with Crippen LogP contribution in [-0.4, -0.2) is 33.7 Å². The highest BCUT2D eigenvalue weighted by atomic mass is 32.1. The van der Waals surface area contributed by atoms with Crippen LogP contribution >= 0.6 is 12.6 Å². The average Bonchev–Trinajstić information content (AvgIpc) is 2.38. The van der Waals surface area contributed by atoms with E-state index in [2.05, 4.69) is 12.6 Å². The quantitative estimate of drug-likeness (QED) is 0.300. The number of thiol groups is 1. The van der Waals surface area contributed by atoms with Crippen molar-refractivity contribution < 1.29 is 18.1 Å². The summed E-state index contributed by atoms with van der Waals surface area (Å²) in [4.78, 5) is 10.7. The van der Waals surface area contributed by atoms with Crippen molar-refractivity contribution in [2.45, 2.75) is 65.3 Å². The molecule has 0 spiro atoms. The molecule has 20 heavy (non-hydrogen) atoms. The molecule has 6 heteroatoms. The molecular weight excluding hydrogens is 292 g/mol. The fraction of sp³-hybridized carbons (Fsp3) is 0.929. The van der Waals surface area contributed by atoms with Gasteiger partial charge in [-0.3, -0.25) is 4.79 Å². The van der Waals surface area contributed by atoms with Crippen LogP contribution in [0.2, 0.25) is 6.04 Å². The highest BCUT2D eigenvalue weighted by Crippen LogP contribution is 2.20. The zero-order valence-electron chi connectivity index (χ0n) is 13.2. The third kappa shape index (κ3) is 9.93. The number of hydrogen-bond acceptors (Lipinski definition) is 4. The average molecular weight is 323 g/mol. The fourth-order valence-corrected chi connectivity index (χ4v) is 4.99. The Labute approximate surface area is 130 Å². The van der Waals surface area contributed by atoms with Gasteiger partial charge in [0.25, 0.3) is 0 Å². The predicted molar refractivity (Wildman–Crippen MR) is 87.1 cm³/mol. The normalized spacial score (nSPS) is 11.8. The molecule has 0 atom stereocenters. The van der Waals surface area contributed by atoms with Gasteiger partial charge in [-0.15, -0.1) is 12.6 Å². The first-order valence-corrected chi connectivity index (χ1v) is 10.1. The molecule has 0 saturated heterocycles. The topological polar surface area (TPSA) is 44.8 Å². The van der Waals surface area contributed by atoms with Crippen LogP contribution in [0.15, 0.2) is 0 Å². The molecule has 120 valence electrons. The number of unbranched alkanes of at least 4 members (excludes halogenated alkanes) is 4. The van der Waals surface area contributed by atoms with Gasteiger partial charge in [0, 0.05) is 32.3 Å². The van der Waals surface area contributed by atoms with Crippen LogP contribution in [0.3, 0.4) is 0 Å². The number of rotatable bonds is 14. The summed E-state index contributed by atoms with van der Waals surface area (Å²) in [7, 11) is -2.45. The van der Waals surface area contributed by atoms with Gasteiger partial charge in [-0.05, 0) is 33.6 Å². The molecule has 0 aliphatic rings. The minimum Gasteiger partial charge on any atom is -0.374 e. The highest BCUT2D eigenvalue weighted by molar-refractivity contribution is 7.96. The standard InChI is InChI=1S/C14H30O4SSi/c1-4-16-20(17-5-2,18-6-3)13-11-9-7-8-10-12-14(15)19/h4-13H2,1-3H3,(H,15,19). The van der Waals surface area contributed by atoms with E-state index < -0.39 is 8.80 Å². The van der Waals surface area contributed by atoms with E-state index in [-0.39, 0.29) is 5.12 Å². The summed E-state index contributed by atoms with van der Waals surface area (Å²) >= 11 is 3.77. The lowest BCUT2D eigenvalue weighted by Crippen LogP contribution is -2.45. The van der Waals surface area contributed by atoms with E-state index in [0.717, 1.165) is 38.1 Å². The molecule has 0 saturated carbocycles. The first kappa shape index (κ1) is 20.1. The van der Waals surface area contributed by atoms with Crippen LogP contribution in [0.4, 0.5) is 0 Å². The smallest absolute Gasteiger partial charge is 0.374 e. The van der Waals surface area contributed by atoms with E-state index in [4.69, 9.17) is 13.3 Å². The van der Waals surface area contributed by atoms with E-state index in [1.807, 2.05) is 20.8 Å². The maximum atomic E-state index is 10.7. The van der Waals surface area contributed by atoms with Crippen LogP contribution in [0.1, 0.15) is 59.3 Å². The summed E-state index contributed by atoms with van der Waals surface area (Å²) < 4.78 is 17.4. The van der Waals surface area contributed by atoms with Crippen molar-refractivity contribution in [3.8, 4) is 0 Å². The van der Waals surface area contributed by atoms with E-state index >= 15 is 0 Å². The monoisotopic (exact) mass is 322 g/mol. The maximum absolute atomic E-state index is 10.7. The number of hydrogen-bond donors (Lipinski definition) is 1. The van der Waals surface area contributed by atoms with Gasteiger partial charge in [-0.1, -0.05) is 19.3 Å². The fourth-order valence-electron chi connectivity index (χ4n) is 2.15. The molecule has 0 aliphatic carbocycles. The van der Waals surface area contributed by atoms with Gasteiger partial charge in [0.2, 0.25) is 0 Å². The van der Waals surface area contributed by atoms with E-state index in [1.165, 1.54) is 0 Å². The summed E-state index contributed by atoms with van der Waals surface area (Å²) in [6.45, 7) is 7.85. The molecule has 0 rings (SSSR count). The second-order valence-electron chi connectivity index (χ2n) is 4.64. The SMILES string of the molecule is CCO[Si](CCCCCCCC(=O)S)(OCC)OCC. The van der Waals surface area contributed by atoms with Crippen molar-refractivity contribution >= 4 is 26.5 Å². The van der Waals surface area contributed by atoms with Crippen molar-refractivity contribution in [2.24, 2.45) is 0 Å². The summed E-state index contributed by atoms with van der Waals surface area (Å²) in [5.41, 5.74) is 0. The molecule has 0 heterocycles. The van der Waals surface area contributed by atoms with Crippen molar-refractivity contribution in [2.75, 3.05) is 19.8 Å². The summed E-state index contributed by atoms with van der Waals surface area (Å²) in [6, 6.07) is 0.883. The Morgan fingerprint density at radius 3 is 1.75 bits per heavy atom. The Morgan fingerprint density at radius 1 is 0.850 bits per heavy atom. The van der Waals surface area contributed by atoms with Crippen molar-refractivity contribution in [1.29, 1.82) is 0 Å². The molecule has 0 radical (unpaired) electrons. The molecule has 0 unspecified atom stereocenters. The van der Waals surface area contributed by atoms with Gasteiger partial charge in [0.1, 0.15) is 0 Å². The van der Waals surface area contributed by atoms with Gasteiger partial charge in [-0.2, -0.15) is 0 Å². The van der Waals surface area contributed by atoms with Crippen LogP contribution in [0, 0.1) is 0 Å². The molecular formula is C14H30O4SSi. The first-order valence-electron chi connectivity index (χ1n) is 7.73. The Kier molecular flexibility index (Phi) is 12.9. The number of carbonyl (C=O) groups excluding carboxylic acids is 1. The minimum absolute atomic E-state index is 0.0135. The summed E-state index contributed by atoms with van der Waals surface area (Å²) in [5.74, 6) is 0. The van der Waals surface area contributed by atoms with Crippen molar-refractivity contribution in [3.63, 3.8) is 0 Å². The van der Waals surface area contributed by atoms with Crippen LogP contribution < -0.4 is 0 Å². The Bertz CT molecular complexity index is 234. The second-order valence-corrected chi connectivity index (χ2v) is 7.87. The summed E-state index contributed by atoms with van der Waals surface area (Å²) in [5, 5.41) is -0.0135. The third-order valence-corrected chi connectivity index (χ3v) is 6.34. The van der Waals surface area contributed by atoms with Crippen molar-refractivity contribution in [1.82, 2.24) is 0 Å². The van der Waals surface area contributed by atoms with Gasteiger partial charge in [-0.25, -0.2) is 0 Å². The first-order chi connectivity index (χ1) is 9.60. The Hall–Kier alpha value is 0.117. The Morgan fingerprint density at radius 2 is 1.30 bits per heavy atom. The molecule has 0 aromatic rings. The van der Waals surface area contributed by atoms with Crippen LogP contribution in [0.25, 0.3) is 0 Å². The van der Waals surface area contributed by atoms with E-state index in [1.54, 1.807) is 0 Å². The molecule has 0 aromatic carbocycles. The summed E-state index contributed by atoms with van der Waals surface area (Å²) in [6.07, 6.45) is 5.92. The van der Waals surface area contributed by atoms with Crippen LogP contribution in [0.5, 0.6) is 0 Å². The highest BCUT2D eigenvalue weighted by Gasteiger charge is 2.39. The largest absolute Gasteiger partial charge is 0.500 e. The van der Waals surface area contributed by atoms with Crippen molar-refractivity contribution in [3.05, 3.63) is 0 Å². The molecule has 0 fully saturated rings. The lowest BCUT2D eigenvalue weighted by atomic mass is 10.1. The molecule has 0 N–H and O–H groups in total. The lowest BCUT2D eigenvalue weighted by Gasteiger charge is -2.28. The van der Waals surface area contributed by atoms with E-state index in [9.17, 15) is 4.79 Å². The van der Waals surface area contributed by atoms with Gasteiger partial charge < -0.3 is 13.3 Å².